The van der Waals surface area contributed by atoms with Crippen LogP contribution >= 0.6 is 0 Å². The van der Waals surface area contributed by atoms with E-state index in [4.69, 9.17) is 10.00 Å². The van der Waals surface area contributed by atoms with Crippen LogP contribution in [0.2, 0.25) is 0 Å². The maximum Gasteiger partial charge on any atom is 0.313 e. The first kappa shape index (κ1) is 14.3. The highest BCUT2D eigenvalue weighted by atomic mass is 16.6. The van der Waals surface area contributed by atoms with E-state index in [-0.39, 0.29) is 24.1 Å². The standard InChI is InChI=1S/C14H17N3O3/c1-10-3-2-4-13(14(10)17(18)19)20-8-7-12(9-15)16-11-5-6-11/h2-4,11-12,16H,5-8H2,1H3. The molecule has 1 atom stereocenters. The molecular formula is C14H17N3O3. The number of nitrogens with zero attached hydrogens (tertiary/aromatic N) is 2. The van der Waals surface area contributed by atoms with E-state index >= 15 is 0 Å². The van der Waals surface area contributed by atoms with E-state index in [1.807, 2.05) is 0 Å². The minimum absolute atomic E-state index is 0.00356. The Labute approximate surface area is 117 Å². The Kier molecular flexibility index (Phi) is 4.53. The minimum atomic E-state index is -0.436. The van der Waals surface area contributed by atoms with Crippen molar-refractivity contribution in [1.82, 2.24) is 5.32 Å². The second kappa shape index (κ2) is 6.35. The van der Waals surface area contributed by atoms with E-state index in [2.05, 4.69) is 11.4 Å². The van der Waals surface area contributed by atoms with Gasteiger partial charge in [-0.05, 0) is 25.8 Å². The van der Waals surface area contributed by atoms with Crippen LogP contribution in [0.5, 0.6) is 5.75 Å². The van der Waals surface area contributed by atoms with Gasteiger partial charge in [0.05, 0.1) is 23.6 Å². The molecule has 1 fully saturated rings. The lowest BCUT2D eigenvalue weighted by molar-refractivity contribution is -0.386. The van der Waals surface area contributed by atoms with Crippen LogP contribution in [0.4, 0.5) is 5.69 Å². The molecule has 0 radical (unpaired) electrons. The van der Waals surface area contributed by atoms with Crippen LogP contribution in [0.15, 0.2) is 18.2 Å². The van der Waals surface area contributed by atoms with Crippen LogP contribution in [0.25, 0.3) is 0 Å². The van der Waals surface area contributed by atoms with Crippen molar-refractivity contribution in [3.8, 4) is 11.8 Å². The van der Waals surface area contributed by atoms with Gasteiger partial charge in [-0.2, -0.15) is 5.26 Å². The quantitative estimate of drug-likeness (QED) is 0.609. The number of rotatable bonds is 7. The van der Waals surface area contributed by atoms with Crippen LogP contribution in [0.3, 0.4) is 0 Å². The number of nitriles is 1. The maximum absolute atomic E-state index is 11.0. The molecule has 0 bridgehead atoms. The largest absolute Gasteiger partial charge is 0.487 e. The molecule has 106 valence electrons. The Bertz CT molecular complexity index is 535. The summed E-state index contributed by atoms with van der Waals surface area (Å²) in [6.07, 6.45) is 2.74. The number of para-hydroxylation sites is 1. The van der Waals surface area contributed by atoms with E-state index < -0.39 is 4.92 Å². The first-order valence-electron chi connectivity index (χ1n) is 6.64. The lowest BCUT2D eigenvalue weighted by atomic mass is 10.2. The fourth-order valence-electron chi connectivity index (χ4n) is 1.99. The van der Waals surface area contributed by atoms with Crippen LogP contribution in [0, 0.1) is 28.4 Å². The summed E-state index contributed by atoms with van der Waals surface area (Å²) in [5.74, 6) is 0.262. The second-order valence-corrected chi connectivity index (χ2v) is 4.94. The summed E-state index contributed by atoms with van der Waals surface area (Å²) in [5.41, 5.74) is 0.566. The Morgan fingerprint density at radius 3 is 2.95 bits per heavy atom. The summed E-state index contributed by atoms with van der Waals surface area (Å²) >= 11 is 0. The van der Waals surface area contributed by atoms with Gasteiger partial charge in [-0.3, -0.25) is 15.4 Å². The Hall–Kier alpha value is -2.13. The highest BCUT2D eigenvalue weighted by Crippen LogP contribution is 2.30. The fraction of sp³-hybridized carbons (Fsp3) is 0.500. The van der Waals surface area contributed by atoms with E-state index in [0.717, 1.165) is 12.8 Å². The molecule has 6 nitrogen and oxygen atoms in total. The summed E-state index contributed by atoms with van der Waals surface area (Å²) in [7, 11) is 0. The predicted molar refractivity (Wildman–Crippen MR) is 73.5 cm³/mol. The van der Waals surface area contributed by atoms with E-state index in [1.54, 1.807) is 25.1 Å². The monoisotopic (exact) mass is 275 g/mol. The van der Waals surface area contributed by atoms with Crippen LogP contribution in [0.1, 0.15) is 24.8 Å². The molecule has 1 unspecified atom stereocenters. The van der Waals surface area contributed by atoms with Crippen molar-refractivity contribution in [3.05, 3.63) is 33.9 Å². The number of hydrogen-bond acceptors (Lipinski definition) is 5. The number of hydrogen-bond donors (Lipinski definition) is 1. The molecule has 0 spiro atoms. The van der Waals surface area contributed by atoms with Crippen molar-refractivity contribution in [1.29, 1.82) is 5.26 Å². The second-order valence-electron chi connectivity index (χ2n) is 4.94. The molecule has 2 rings (SSSR count). The van der Waals surface area contributed by atoms with Gasteiger partial charge in [-0.1, -0.05) is 12.1 Å². The zero-order chi connectivity index (χ0) is 14.5. The third-order valence-electron chi connectivity index (χ3n) is 3.22. The molecule has 0 aliphatic heterocycles. The number of nitro groups is 1. The van der Waals surface area contributed by atoms with Gasteiger partial charge < -0.3 is 4.74 Å². The normalized spacial score (nSPS) is 15.4. The summed E-state index contributed by atoms with van der Waals surface area (Å²) in [6, 6.07) is 7.36. The van der Waals surface area contributed by atoms with Gasteiger partial charge in [0.15, 0.2) is 5.75 Å². The first-order valence-corrected chi connectivity index (χ1v) is 6.64. The molecule has 1 aliphatic carbocycles. The van der Waals surface area contributed by atoms with Gasteiger partial charge in [0.25, 0.3) is 0 Å². The molecule has 1 aromatic rings. The molecule has 6 heteroatoms. The molecule has 0 aromatic heterocycles. The van der Waals surface area contributed by atoms with Crippen molar-refractivity contribution in [2.24, 2.45) is 0 Å². The number of nitro benzene ring substituents is 1. The van der Waals surface area contributed by atoms with Crippen LogP contribution in [-0.2, 0) is 0 Å². The molecular weight excluding hydrogens is 258 g/mol. The summed E-state index contributed by atoms with van der Waals surface area (Å²) in [6.45, 7) is 1.96. The fourth-order valence-corrected chi connectivity index (χ4v) is 1.99. The Morgan fingerprint density at radius 2 is 2.35 bits per heavy atom. The number of benzene rings is 1. The summed E-state index contributed by atoms with van der Waals surface area (Å²) < 4.78 is 5.48. The van der Waals surface area contributed by atoms with Gasteiger partial charge in [0.2, 0.25) is 0 Å². The van der Waals surface area contributed by atoms with Gasteiger partial charge >= 0.3 is 5.69 Å². The van der Waals surface area contributed by atoms with E-state index in [1.165, 1.54) is 0 Å². The molecule has 0 heterocycles. The Balaban J connectivity index is 1.91. The first-order chi connectivity index (χ1) is 9.61. The van der Waals surface area contributed by atoms with Gasteiger partial charge in [-0.15, -0.1) is 0 Å². The van der Waals surface area contributed by atoms with Crippen molar-refractivity contribution < 1.29 is 9.66 Å². The van der Waals surface area contributed by atoms with Crippen LogP contribution in [-0.4, -0.2) is 23.6 Å². The molecule has 1 aromatic carbocycles. The number of aryl methyl sites for hydroxylation is 1. The predicted octanol–water partition coefficient (Wildman–Crippen LogP) is 2.32. The SMILES string of the molecule is Cc1cccc(OCCC(C#N)NC2CC2)c1[N+](=O)[O-]. The molecule has 20 heavy (non-hydrogen) atoms. The number of nitrogens with one attached hydrogen (secondary N) is 1. The molecule has 0 amide bonds. The average Bonchev–Trinajstić information content (AvgIpc) is 3.21. The molecule has 1 N–H and O–H groups in total. The molecule has 1 aliphatic rings. The topological polar surface area (TPSA) is 88.2 Å². The smallest absolute Gasteiger partial charge is 0.313 e. The van der Waals surface area contributed by atoms with Crippen molar-refractivity contribution in [3.63, 3.8) is 0 Å². The number of ether oxygens (including phenoxy) is 1. The van der Waals surface area contributed by atoms with Crippen molar-refractivity contribution in [2.45, 2.75) is 38.3 Å². The third kappa shape index (κ3) is 3.68. The summed E-state index contributed by atoms with van der Waals surface area (Å²) in [5, 5.41) is 23.2. The van der Waals surface area contributed by atoms with Crippen LogP contribution < -0.4 is 10.1 Å². The third-order valence-corrected chi connectivity index (χ3v) is 3.22. The zero-order valence-electron chi connectivity index (χ0n) is 11.3. The zero-order valence-corrected chi connectivity index (χ0v) is 11.3. The van der Waals surface area contributed by atoms with Gasteiger partial charge in [0.1, 0.15) is 0 Å². The van der Waals surface area contributed by atoms with E-state index in [9.17, 15) is 10.1 Å². The molecule has 1 saturated carbocycles. The highest BCUT2D eigenvalue weighted by molar-refractivity contribution is 5.51. The molecule has 0 saturated heterocycles. The minimum Gasteiger partial charge on any atom is -0.487 e. The lowest BCUT2D eigenvalue weighted by Gasteiger charge is -2.12. The highest BCUT2D eigenvalue weighted by Gasteiger charge is 2.24. The average molecular weight is 275 g/mol. The lowest BCUT2D eigenvalue weighted by Crippen LogP contribution is -2.31. The Morgan fingerprint density at radius 1 is 1.60 bits per heavy atom. The van der Waals surface area contributed by atoms with Crippen molar-refractivity contribution >= 4 is 5.69 Å². The van der Waals surface area contributed by atoms with Gasteiger partial charge in [0, 0.05) is 18.0 Å². The van der Waals surface area contributed by atoms with Gasteiger partial charge in [-0.25, -0.2) is 0 Å². The summed E-state index contributed by atoms with van der Waals surface area (Å²) in [4.78, 5) is 10.6. The maximum atomic E-state index is 11.0. The van der Waals surface area contributed by atoms with E-state index in [0.29, 0.717) is 18.0 Å². The van der Waals surface area contributed by atoms with Crippen molar-refractivity contribution in [2.75, 3.05) is 6.61 Å².